The standard InChI is InChI=1S/C23H30N4O3/c1-16-9-14-27(18-7-11-24-12-8-18)22(30)20(16)21(29)26-23(10-13-25-15-19(23)28)17-5-3-2-4-6-17/h2-6,9,14,18-19,24-25,28H,7-8,10-13,15H2,1H3,(H,26,29)/t19-,23+/m1/s1. The zero-order valence-electron chi connectivity index (χ0n) is 17.4. The fourth-order valence-corrected chi connectivity index (χ4v) is 4.71. The number of carbonyl (C=O) groups is 1. The van der Waals surface area contributed by atoms with Crippen LogP contribution < -0.4 is 21.5 Å². The van der Waals surface area contributed by atoms with Crippen LogP contribution in [-0.2, 0) is 5.54 Å². The highest BCUT2D eigenvalue weighted by atomic mass is 16.3. The molecule has 30 heavy (non-hydrogen) atoms. The zero-order valence-corrected chi connectivity index (χ0v) is 17.4. The Morgan fingerprint density at radius 3 is 2.57 bits per heavy atom. The third-order valence-electron chi connectivity index (χ3n) is 6.49. The molecule has 2 saturated heterocycles. The summed E-state index contributed by atoms with van der Waals surface area (Å²) in [5.41, 5.74) is 0.467. The van der Waals surface area contributed by atoms with E-state index in [1.165, 1.54) is 0 Å². The summed E-state index contributed by atoms with van der Waals surface area (Å²) in [6, 6.07) is 11.5. The summed E-state index contributed by atoms with van der Waals surface area (Å²) in [6.45, 7) is 4.56. The largest absolute Gasteiger partial charge is 0.389 e. The van der Waals surface area contributed by atoms with Crippen molar-refractivity contribution in [1.29, 1.82) is 0 Å². The average molecular weight is 411 g/mol. The molecular weight excluding hydrogens is 380 g/mol. The quantitative estimate of drug-likeness (QED) is 0.605. The van der Waals surface area contributed by atoms with Crippen LogP contribution in [-0.4, -0.2) is 47.9 Å². The third-order valence-corrected chi connectivity index (χ3v) is 6.49. The van der Waals surface area contributed by atoms with E-state index in [-0.39, 0.29) is 17.2 Å². The summed E-state index contributed by atoms with van der Waals surface area (Å²) in [5.74, 6) is -0.425. The van der Waals surface area contributed by atoms with E-state index in [0.717, 1.165) is 31.5 Å². The Bertz CT molecular complexity index is 953. The molecule has 2 fully saturated rings. The highest BCUT2D eigenvalue weighted by Gasteiger charge is 2.43. The number of nitrogens with zero attached hydrogens (tertiary/aromatic N) is 1. The summed E-state index contributed by atoms with van der Waals surface area (Å²) in [7, 11) is 0. The molecule has 7 heteroatoms. The molecule has 160 valence electrons. The number of nitrogens with one attached hydrogen (secondary N) is 3. The van der Waals surface area contributed by atoms with Crippen molar-refractivity contribution in [3.05, 3.63) is 69.6 Å². The lowest BCUT2D eigenvalue weighted by atomic mass is 9.79. The number of hydrogen-bond acceptors (Lipinski definition) is 5. The number of aliphatic hydroxyl groups is 1. The summed E-state index contributed by atoms with van der Waals surface area (Å²) in [6.07, 6.45) is 3.27. The van der Waals surface area contributed by atoms with Gasteiger partial charge in [-0.3, -0.25) is 9.59 Å². The third kappa shape index (κ3) is 3.80. The molecule has 2 aliphatic heterocycles. The number of aryl methyl sites for hydroxylation is 1. The Morgan fingerprint density at radius 1 is 1.13 bits per heavy atom. The Kier molecular flexibility index (Phi) is 6.04. The molecular formula is C23H30N4O3. The van der Waals surface area contributed by atoms with Gasteiger partial charge in [-0.2, -0.15) is 0 Å². The molecule has 4 N–H and O–H groups in total. The SMILES string of the molecule is Cc1ccn(C2CCNCC2)c(=O)c1C(=O)N[C@]1(c2ccccc2)CCNC[C@H]1O. The number of carbonyl (C=O) groups excluding carboxylic acids is 1. The number of aliphatic hydroxyl groups excluding tert-OH is 1. The van der Waals surface area contributed by atoms with E-state index in [1.807, 2.05) is 36.4 Å². The molecule has 7 nitrogen and oxygen atoms in total. The van der Waals surface area contributed by atoms with Crippen LogP contribution in [0.15, 0.2) is 47.4 Å². The summed E-state index contributed by atoms with van der Waals surface area (Å²) < 4.78 is 1.71. The van der Waals surface area contributed by atoms with Crippen molar-refractivity contribution in [2.24, 2.45) is 0 Å². The van der Waals surface area contributed by atoms with Gasteiger partial charge in [0.2, 0.25) is 0 Å². The minimum Gasteiger partial charge on any atom is -0.389 e. The van der Waals surface area contributed by atoms with E-state index in [9.17, 15) is 14.7 Å². The lowest BCUT2D eigenvalue weighted by Gasteiger charge is -2.43. The number of hydrogen-bond donors (Lipinski definition) is 4. The van der Waals surface area contributed by atoms with Gasteiger partial charge in [0.15, 0.2) is 0 Å². The van der Waals surface area contributed by atoms with Crippen molar-refractivity contribution in [2.45, 2.75) is 43.9 Å². The van der Waals surface area contributed by atoms with Gasteiger partial charge in [-0.1, -0.05) is 30.3 Å². The minimum atomic E-state index is -0.933. The maximum absolute atomic E-state index is 13.4. The normalized spacial score (nSPS) is 25.1. The molecule has 4 rings (SSSR count). The highest BCUT2D eigenvalue weighted by molar-refractivity contribution is 5.96. The first-order chi connectivity index (χ1) is 14.5. The van der Waals surface area contributed by atoms with Crippen molar-refractivity contribution >= 4 is 5.91 Å². The maximum atomic E-state index is 13.4. The van der Waals surface area contributed by atoms with Crippen LogP contribution in [0.4, 0.5) is 0 Å². The molecule has 0 saturated carbocycles. The van der Waals surface area contributed by atoms with E-state index < -0.39 is 17.6 Å². The average Bonchev–Trinajstić information content (AvgIpc) is 2.77. The number of β-amino-alcohol motifs (C(OH)–C–C–N with tert-alkyl or cyclic N) is 1. The second-order valence-electron chi connectivity index (χ2n) is 8.33. The Morgan fingerprint density at radius 2 is 1.87 bits per heavy atom. The van der Waals surface area contributed by atoms with Crippen molar-refractivity contribution in [1.82, 2.24) is 20.5 Å². The molecule has 0 aliphatic carbocycles. The number of pyridine rings is 1. The fourth-order valence-electron chi connectivity index (χ4n) is 4.71. The van der Waals surface area contributed by atoms with Crippen LogP contribution in [0, 0.1) is 6.92 Å². The molecule has 0 unspecified atom stereocenters. The predicted octanol–water partition coefficient (Wildman–Crippen LogP) is 1.06. The molecule has 2 aliphatic rings. The van der Waals surface area contributed by atoms with Crippen LogP contribution in [0.25, 0.3) is 0 Å². The van der Waals surface area contributed by atoms with E-state index in [4.69, 9.17) is 0 Å². The van der Waals surface area contributed by atoms with Crippen LogP contribution in [0.3, 0.4) is 0 Å². The molecule has 0 bridgehead atoms. The van der Waals surface area contributed by atoms with E-state index in [0.29, 0.717) is 25.1 Å². The molecule has 1 aromatic carbocycles. The Hall–Kier alpha value is -2.48. The molecule has 1 aromatic heterocycles. The maximum Gasteiger partial charge on any atom is 0.263 e. The second kappa shape index (κ2) is 8.71. The number of piperidine rings is 2. The van der Waals surface area contributed by atoms with Gasteiger partial charge < -0.3 is 25.6 Å². The van der Waals surface area contributed by atoms with Gasteiger partial charge in [0.25, 0.3) is 11.5 Å². The van der Waals surface area contributed by atoms with Crippen molar-refractivity contribution < 1.29 is 9.90 Å². The van der Waals surface area contributed by atoms with E-state index >= 15 is 0 Å². The molecule has 3 heterocycles. The number of aromatic nitrogens is 1. The van der Waals surface area contributed by atoms with E-state index in [1.54, 1.807) is 17.7 Å². The van der Waals surface area contributed by atoms with Crippen molar-refractivity contribution in [3.8, 4) is 0 Å². The first kappa shape index (κ1) is 20.8. The predicted molar refractivity (Wildman–Crippen MR) is 116 cm³/mol. The van der Waals surface area contributed by atoms with Gasteiger partial charge in [0.05, 0.1) is 11.6 Å². The minimum absolute atomic E-state index is 0.0958. The van der Waals surface area contributed by atoms with Crippen LogP contribution in [0.2, 0.25) is 0 Å². The van der Waals surface area contributed by atoms with E-state index in [2.05, 4.69) is 16.0 Å². The number of rotatable bonds is 4. The first-order valence-electron chi connectivity index (χ1n) is 10.7. The van der Waals surface area contributed by atoms with Gasteiger partial charge >= 0.3 is 0 Å². The summed E-state index contributed by atoms with van der Waals surface area (Å²) >= 11 is 0. The molecule has 2 atom stereocenters. The lowest BCUT2D eigenvalue weighted by Crippen LogP contribution is -2.61. The highest BCUT2D eigenvalue weighted by Crippen LogP contribution is 2.31. The van der Waals surface area contributed by atoms with Crippen LogP contribution >= 0.6 is 0 Å². The van der Waals surface area contributed by atoms with Gasteiger partial charge in [0.1, 0.15) is 5.56 Å². The summed E-state index contributed by atoms with van der Waals surface area (Å²) in [5, 5.41) is 20.5. The van der Waals surface area contributed by atoms with Crippen molar-refractivity contribution in [3.63, 3.8) is 0 Å². The molecule has 2 aromatic rings. The van der Waals surface area contributed by atoms with Crippen LogP contribution in [0.1, 0.15) is 46.8 Å². The second-order valence-corrected chi connectivity index (χ2v) is 8.33. The molecule has 0 spiro atoms. The van der Waals surface area contributed by atoms with Gasteiger partial charge in [-0.25, -0.2) is 0 Å². The smallest absolute Gasteiger partial charge is 0.263 e. The summed E-state index contributed by atoms with van der Waals surface area (Å²) in [4.78, 5) is 26.7. The Balaban J connectivity index is 1.70. The van der Waals surface area contributed by atoms with Crippen LogP contribution in [0.5, 0.6) is 0 Å². The number of amides is 1. The van der Waals surface area contributed by atoms with Gasteiger partial charge in [-0.05, 0) is 63.0 Å². The topological polar surface area (TPSA) is 95.4 Å². The monoisotopic (exact) mass is 410 g/mol. The zero-order chi connectivity index (χ0) is 21.1. The van der Waals surface area contributed by atoms with Gasteiger partial charge in [-0.15, -0.1) is 0 Å². The lowest BCUT2D eigenvalue weighted by molar-refractivity contribution is 0.0288. The fraction of sp³-hybridized carbons (Fsp3) is 0.478. The van der Waals surface area contributed by atoms with Gasteiger partial charge in [0, 0.05) is 18.8 Å². The molecule has 1 amide bonds. The first-order valence-corrected chi connectivity index (χ1v) is 10.7. The number of benzene rings is 1. The molecule has 0 radical (unpaired) electrons. The van der Waals surface area contributed by atoms with Crippen molar-refractivity contribution in [2.75, 3.05) is 26.2 Å². The Labute approximate surface area is 176 Å².